The summed E-state index contributed by atoms with van der Waals surface area (Å²) in [6.45, 7) is 3.48. The van der Waals surface area contributed by atoms with Crippen molar-refractivity contribution in [2.24, 2.45) is 13.0 Å². The van der Waals surface area contributed by atoms with Gasteiger partial charge in [-0.25, -0.2) is 0 Å². The number of likely N-dealkylation sites (tertiary alicyclic amines) is 1. The SMILES string of the molecule is Cc1nn(C)c(Cl)c1/C=C/C(=O)N1CCC(CO)CC1. The van der Waals surface area contributed by atoms with Crippen LogP contribution in [0.25, 0.3) is 6.08 Å². The summed E-state index contributed by atoms with van der Waals surface area (Å²) in [6, 6.07) is 0. The Balaban J connectivity index is 1.99. The van der Waals surface area contributed by atoms with Gasteiger partial charge < -0.3 is 10.0 Å². The topological polar surface area (TPSA) is 58.4 Å². The predicted octanol–water partition coefficient (Wildman–Crippen LogP) is 1.63. The summed E-state index contributed by atoms with van der Waals surface area (Å²) in [7, 11) is 1.77. The first-order valence-electron chi connectivity index (χ1n) is 6.80. The van der Waals surface area contributed by atoms with Gasteiger partial charge in [0.05, 0.1) is 5.69 Å². The molecule has 0 aliphatic carbocycles. The average Bonchev–Trinajstić information content (AvgIpc) is 2.70. The first-order chi connectivity index (χ1) is 9.52. The minimum Gasteiger partial charge on any atom is -0.396 e. The number of piperidine rings is 1. The number of aromatic nitrogens is 2. The van der Waals surface area contributed by atoms with Crippen molar-refractivity contribution >= 4 is 23.6 Å². The zero-order chi connectivity index (χ0) is 14.7. The number of amides is 1. The van der Waals surface area contributed by atoms with E-state index in [0.29, 0.717) is 24.2 Å². The van der Waals surface area contributed by atoms with E-state index in [1.54, 1.807) is 23.9 Å². The summed E-state index contributed by atoms with van der Waals surface area (Å²) in [5.41, 5.74) is 1.59. The van der Waals surface area contributed by atoms with Gasteiger partial charge in [-0.1, -0.05) is 11.6 Å². The quantitative estimate of drug-likeness (QED) is 0.863. The highest BCUT2D eigenvalue weighted by Gasteiger charge is 2.21. The van der Waals surface area contributed by atoms with Gasteiger partial charge in [0.25, 0.3) is 0 Å². The first kappa shape index (κ1) is 15.1. The van der Waals surface area contributed by atoms with Crippen LogP contribution >= 0.6 is 11.6 Å². The molecule has 1 fully saturated rings. The van der Waals surface area contributed by atoms with Gasteiger partial charge in [0.15, 0.2) is 0 Å². The summed E-state index contributed by atoms with van der Waals surface area (Å²) in [6.07, 6.45) is 5.01. The largest absolute Gasteiger partial charge is 0.396 e. The number of rotatable bonds is 3. The fraction of sp³-hybridized carbons (Fsp3) is 0.571. The molecule has 0 aromatic carbocycles. The molecule has 6 heteroatoms. The monoisotopic (exact) mass is 297 g/mol. The van der Waals surface area contributed by atoms with E-state index >= 15 is 0 Å². The Labute approximate surface area is 123 Å². The van der Waals surface area contributed by atoms with E-state index in [1.807, 2.05) is 11.8 Å². The van der Waals surface area contributed by atoms with Crippen molar-refractivity contribution in [2.75, 3.05) is 19.7 Å². The maximum absolute atomic E-state index is 12.1. The van der Waals surface area contributed by atoms with Gasteiger partial charge in [-0.2, -0.15) is 5.10 Å². The number of aliphatic hydroxyl groups excluding tert-OH is 1. The van der Waals surface area contributed by atoms with Crippen molar-refractivity contribution in [2.45, 2.75) is 19.8 Å². The molecule has 1 aromatic rings. The molecule has 2 heterocycles. The van der Waals surface area contributed by atoms with Crippen LogP contribution in [0.3, 0.4) is 0 Å². The van der Waals surface area contributed by atoms with Crippen molar-refractivity contribution < 1.29 is 9.90 Å². The fourth-order valence-corrected chi connectivity index (χ4v) is 2.67. The molecule has 1 aromatic heterocycles. The Kier molecular flexibility index (Phi) is 4.83. The molecule has 0 unspecified atom stereocenters. The molecule has 1 aliphatic heterocycles. The van der Waals surface area contributed by atoms with E-state index in [9.17, 15) is 4.79 Å². The third-order valence-electron chi connectivity index (χ3n) is 3.77. The molecule has 1 aliphatic rings. The van der Waals surface area contributed by atoms with Gasteiger partial charge in [-0.3, -0.25) is 9.48 Å². The van der Waals surface area contributed by atoms with Gasteiger partial charge in [-0.05, 0) is 31.8 Å². The Morgan fingerprint density at radius 2 is 2.15 bits per heavy atom. The van der Waals surface area contributed by atoms with Crippen molar-refractivity contribution in [1.29, 1.82) is 0 Å². The van der Waals surface area contributed by atoms with Crippen LogP contribution in [0.1, 0.15) is 24.1 Å². The molecule has 2 rings (SSSR count). The van der Waals surface area contributed by atoms with Crippen LogP contribution in [-0.2, 0) is 11.8 Å². The smallest absolute Gasteiger partial charge is 0.246 e. The molecule has 20 heavy (non-hydrogen) atoms. The van der Waals surface area contributed by atoms with Crippen molar-refractivity contribution in [3.8, 4) is 0 Å². The van der Waals surface area contributed by atoms with Crippen LogP contribution in [0, 0.1) is 12.8 Å². The lowest BCUT2D eigenvalue weighted by atomic mass is 9.98. The first-order valence-corrected chi connectivity index (χ1v) is 7.17. The molecule has 1 amide bonds. The third kappa shape index (κ3) is 3.22. The van der Waals surface area contributed by atoms with Crippen LogP contribution < -0.4 is 0 Å². The molecule has 0 saturated carbocycles. The highest BCUT2D eigenvalue weighted by Crippen LogP contribution is 2.21. The highest BCUT2D eigenvalue weighted by molar-refractivity contribution is 6.31. The normalized spacial score (nSPS) is 17.1. The number of aliphatic hydroxyl groups is 1. The Hall–Kier alpha value is -1.33. The maximum atomic E-state index is 12.1. The number of aryl methyl sites for hydroxylation is 2. The summed E-state index contributed by atoms with van der Waals surface area (Å²) in [5.74, 6) is 0.318. The molecule has 0 bridgehead atoms. The van der Waals surface area contributed by atoms with E-state index in [-0.39, 0.29) is 12.5 Å². The minimum atomic E-state index is -0.0132. The summed E-state index contributed by atoms with van der Waals surface area (Å²) >= 11 is 6.12. The van der Waals surface area contributed by atoms with Crippen LogP contribution in [0.5, 0.6) is 0 Å². The molecular weight excluding hydrogens is 278 g/mol. The van der Waals surface area contributed by atoms with E-state index in [1.165, 1.54) is 0 Å². The second-order valence-corrected chi connectivity index (χ2v) is 5.56. The molecule has 0 radical (unpaired) electrons. The van der Waals surface area contributed by atoms with Crippen LogP contribution in [0.4, 0.5) is 0 Å². The van der Waals surface area contributed by atoms with E-state index in [2.05, 4.69) is 5.10 Å². The zero-order valence-corrected chi connectivity index (χ0v) is 12.6. The lowest BCUT2D eigenvalue weighted by Crippen LogP contribution is -2.38. The molecule has 1 saturated heterocycles. The summed E-state index contributed by atoms with van der Waals surface area (Å²) in [5, 5.41) is 13.8. The van der Waals surface area contributed by atoms with Gasteiger partial charge in [-0.15, -0.1) is 0 Å². The Morgan fingerprint density at radius 3 is 2.65 bits per heavy atom. The lowest BCUT2D eigenvalue weighted by molar-refractivity contribution is -0.127. The van der Waals surface area contributed by atoms with Crippen molar-refractivity contribution in [1.82, 2.24) is 14.7 Å². The average molecular weight is 298 g/mol. The van der Waals surface area contributed by atoms with E-state index < -0.39 is 0 Å². The number of halogens is 1. The molecule has 0 spiro atoms. The summed E-state index contributed by atoms with van der Waals surface area (Å²) < 4.78 is 1.59. The minimum absolute atomic E-state index is 0.0132. The fourth-order valence-electron chi connectivity index (χ4n) is 2.43. The third-order valence-corrected chi connectivity index (χ3v) is 4.22. The van der Waals surface area contributed by atoms with Gasteiger partial charge in [0, 0.05) is 38.4 Å². The zero-order valence-electron chi connectivity index (χ0n) is 11.8. The van der Waals surface area contributed by atoms with Crippen molar-refractivity contribution in [3.05, 3.63) is 22.5 Å². The molecule has 1 N–H and O–H groups in total. The van der Waals surface area contributed by atoms with Gasteiger partial charge in [0.2, 0.25) is 5.91 Å². The number of hydrogen-bond donors (Lipinski definition) is 1. The number of carbonyl (C=O) groups excluding carboxylic acids is 1. The maximum Gasteiger partial charge on any atom is 0.246 e. The van der Waals surface area contributed by atoms with Gasteiger partial charge in [0.1, 0.15) is 5.15 Å². The standard InChI is InChI=1S/C14H20ClN3O2/c1-10-12(14(15)17(2)16-10)3-4-13(20)18-7-5-11(9-19)6-8-18/h3-4,11,19H,5-9H2,1-2H3/b4-3+. The van der Waals surface area contributed by atoms with E-state index in [0.717, 1.165) is 24.1 Å². The van der Waals surface area contributed by atoms with Gasteiger partial charge >= 0.3 is 0 Å². The second kappa shape index (κ2) is 6.41. The number of nitrogens with zero attached hydrogens (tertiary/aromatic N) is 3. The molecular formula is C14H20ClN3O2. The molecule has 0 atom stereocenters. The Bertz CT molecular complexity index is 517. The summed E-state index contributed by atoms with van der Waals surface area (Å²) in [4.78, 5) is 13.9. The molecule has 110 valence electrons. The van der Waals surface area contributed by atoms with Crippen LogP contribution in [0.2, 0.25) is 5.15 Å². The van der Waals surface area contributed by atoms with Crippen molar-refractivity contribution in [3.63, 3.8) is 0 Å². The Morgan fingerprint density at radius 1 is 1.50 bits per heavy atom. The number of carbonyl (C=O) groups is 1. The predicted molar refractivity (Wildman–Crippen MR) is 78.4 cm³/mol. The van der Waals surface area contributed by atoms with E-state index in [4.69, 9.17) is 16.7 Å². The lowest BCUT2D eigenvalue weighted by Gasteiger charge is -2.30. The van der Waals surface area contributed by atoms with Crippen LogP contribution in [-0.4, -0.2) is 45.4 Å². The van der Waals surface area contributed by atoms with Crippen LogP contribution in [0.15, 0.2) is 6.08 Å². The highest BCUT2D eigenvalue weighted by atomic mass is 35.5. The second-order valence-electron chi connectivity index (χ2n) is 5.20. The molecule has 5 nitrogen and oxygen atoms in total. The number of hydrogen-bond acceptors (Lipinski definition) is 3.